The summed E-state index contributed by atoms with van der Waals surface area (Å²) in [6.45, 7) is 2.77. The zero-order valence-corrected chi connectivity index (χ0v) is 26.0. The van der Waals surface area contributed by atoms with Crippen LogP contribution >= 0.6 is 0 Å². The lowest BCUT2D eigenvalue weighted by molar-refractivity contribution is -0.145. The van der Waals surface area contributed by atoms with Crippen LogP contribution in [-0.2, 0) is 20.5 Å². The van der Waals surface area contributed by atoms with Crippen molar-refractivity contribution < 1.29 is 41.7 Å². The van der Waals surface area contributed by atoms with Crippen molar-refractivity contribution >= 4 is 17.6 Å². The van der Waals surface area contributed by atoms with E-state index in [1.165, 1.54) is 12.1 Å². The van der Waals surface area contributed by atoms with Gasteiger partial charge >= 0.3 is 12.1 Å². The first-order valence-corrected chi connectivity index (χ1v) is 16.1. The Kier molecular flexibility index (Phi) is 9.22. The van der Waals surface area contributed by atoms with Crippen LogP contribution in [0.2, 0.25) is 0 Å². The maximum Gasteiger partial charge on any atom is 0.416 e. The molecular weight excluding hydrogens is 606 g/mol. The Balaban J connectivity index is 1.20. The number of carbonyl (C=O) groups excluding carboxylic acids is 1. The van der Waals surface area contributed by atoms with Gasteiger partial charge in [0, 0.05) is 63.5 Å². The summed E-state index contributed by atoms with van der Waals surface area (Å²) in [6, 6.07) is 11.0. The lowest BCUT2D eigenvalue weighted by Gasteiger charge is -2.39. The lowest BCUT2D eigenvalue weighted by atomic mass is 9.83. The number of anilines is 1. The minimum Gasteiger partial charge on any atom is -0.497 e. The Morgan fingerprint density at radius 3 is 2.26 bits per heavy atom. The zero-order chi connectivity index (χ0) is 32.6. The number of carbonyl (C=O) groups is 2. The summed E-state index contributed by atoms with van der Waals surface area (Å²) in [5.74, 6) is -2.09. The van der Waals surface area contributed by atoms with E-state index in [0.717, 1.165) is 23.6 Å². The first kappa shape index (κ1) is 32.6. The molecule has 46 heavy (non-hydrogen) atoms. The van der Waals surface area contributed by atoms with Crippen LogP contribution in [0.1, 0.15) is 60.6 Å². The molecule has 6 rings (SSSR count). The highest BCUT2D eigenvalue weighted by Crippen LogP contribution is 2.45. The van der Waals surface area contributed by atoms with E-state index in [-0.39, 0.29) is 18.5 Å². The van der Waals surface area contributed by atoms with Gasteiger partial charge in [-0.3, -0.25) is 14.5 Å². The van der Waals surface area contributed by atoms with E-state index < -0.39 is 41.1 Å². The number of carboxylic acid groups (broad SMARTS) is 1. The highest BCUT2D eigenvalue weighted by Gasteiger charge is 2.56. The second kappa shape index (κ2) is 13.0. The second-order valence-electron chi connectivity index (χ2n) is 13.1. The van der Waals surface area contributed by atoms with Crippen molar-refractivity contribution in [2.24, 2.45) is 5.92 Å². The summed E-state index contributed by atoms with van der Waals surface area (Å²) < 4.78 is 69.3. The maximum atomic E-state index is 17.2. The van der Waals surface area contributed by atoms with Crippen molar-refractivity contribution in [3.8, 4) is 5.75 Å². The number of piperidine rings is 2. The minimum absolute atomic E-state index is 0.0220. The largest absolute Gasteiger partial charge is 0.497 e. The number of rotatable bonds is 7. The van der Waals surface area contributed by atoms with Gasteiger partial charge in [0.05, 0.1) is 25.2 Å². The molecule has 12 heteroatoms. The number of methoxy groups -OCH3 is 1. The van der Waals surface area contributed by atoms with Crippen molar-refractivity contribution in [2.45, 2.75) is 61.8 Å². The number of nitrogens with zero attached hydrogens (tertiary/aromatic N) is 3. The predicted octanol–water partition coefficient (Wildman–Crippen LogP) is 5.32. The van der Waals surface area contributed by atoms with Gasteiger partial charge in [-0.15, -0.1) is 0 Å². The van der Waals surface area contributed by atoms with E-state index in [0.29, 0.717) is 83.1 Å². The maximum absolute atomic E-state index is 17.2. The van der Waals surface area contributed by atoms with Crippen LogP contribution in [0.25, 0.3) is 0 Å². The lowest BCUT2D eigenvalue weighted by Crippen LogP contribution is -2.52. The first-order valence-electron chi connectivity index (χ1n) is 16.1. The Morgan fingerprint density at radius 1 is 0.978 bits per heavy atom. The normalized spacial score (nSPS) is 26.9. The molecule has 0 saturated carbocycles. The van der Waals surface area contributed by atoms with Crippen LogP contribution in [0.4, 0.5) is 23.2 Å². The molecule has 0 radical (unpaired) electrons. The summed E-state index contributed by atoms with van der Waals surface area (Å²) in [5, 5.41) is 9.40. The average molecular weight is 648 g/mol. The van der Waals surface area contributed by atoms with E-state index in [1.807, 2.05) is 21.9 Å². The fraction of sp³-hybridized carbons (Fsp3) is 0.588. The number of carboxylic acids is 1. The van der Waals surface area contributed by atoms with E-state index >= 15 is 4.39 Å². The third-order valence-corrected chi connectivity index (χ3v) is 10.5. The molecule has 0 aliphatic carbocycles. The number of likely N-dealkylation sites (tertiary alicyclic amines) is 2. The van der Waals surface area contributed by atoms with Crippen molar-refractivity contribution in [2.75, 3.05) is 64.5 Å². The molecule has 0 aromatic heterocycles. The Hall–Kier alpha value is -3.38. The molecular formula is C34H41F4N3O5. The highest BCUT2D eigenvalue weighted by molar-refractivity contribution is 5.87. The number of alkyl halides is 4. The molecule has 0 spiro atoms. The molecule has 4 fully saturated rings. The van der Waals surface area contributed by atoms with Gasteiger partial charge in [0.2, 0.25) is 5.67 Å². The Bertz CT molecular complexity index is 1400. The highest BCUT2D eigenvalue weighted by atomic mass is 19.4. The average Bonchev–Trinajstić information content (AvgIpc) is 3.73. The summed E-state index contributed by atoms with van der Waals surface area (Å²) in [4.78, 5) is 31.0. The van der Waals surface area contributed by atoms with Gasteiger partial charge in [0.15, 0.2) is 0 Å². The fourth-order valence-electron chi connectivity index (χ4n) is 7.72. The molecule has 4 aliphatic rings. The molecule has 1 unspecified atom stereocenters. The Labute approximate surface area is 266 Å². The van der Waals surface area contributed by atoms with Gasteiger partial charge in [-0.05, 0) is 73.4 Å². The van der Waals surface area contributed by atoms with Crippen molar-refractivity contribution in [1.29, 1.82) is 0 Å². The molecule has 3 atom stereocenters. The van der Waals surface area contributed by atoms with E-state index in [1.54, 1.807) is 24.1 Å². The number of hydrogen-bond acceptors (Lipinski definition) is 6. The SMILES string of the molecule is COc1ccc([C@@H]2CN(C3CCOC3)C[C@@]2(F)C(=O)N2CCC(c3ccc(C(F)(F)F)cc3N3CCC(C(=O)O)CC3)CC2)cc1. The molecule has 1 N–H and O–H groups in total. The van der Waals surface area contributed by atoms with Crippen LogP contribution in [0.15, 0.2) is 42.5 Å². The smallest absolute Gasteiger partial charge is 0.416 e. The topological polar surface area (TPSA) is 82.6 Å². The van der Waals surface area contributed by atoms with Crippen LogP contribution < -0.4 is 9.64 Å². The van der Waals surface area contributed by atoms with E-state index in [2.05, 4.69) is 0 Å². The number of amides is 1. The van der Waals surface area contributed by atoms with Crippen LogP contribution in [-0.4, -0.2) is 98.1 Å². The van der Waals surface area contributed by atoms with Gasteiger partial charge in [-0.1, -0.05) is 18.2 Å². The third-order valence-electron chi connectivity index (χ3n) is 10.5. The predicted molar refractivity (Wildman–Crippen MR) is 163 cm³/mol. The molecule has 2 aromatic rings. The zero-order valence-electron chi connectivity index (χ0n) is 26.0. The quantitative estimate of drug-likeness (QED) is 0.408. The van der Waals surface area contributed by atoms with Gasteiger partial charge in [-0.2, -0.15) is 13.2 Å². The first-order chi connectivity index (χ1) is 22.0. The summed E-state index contributed by atoms with van der Waals surface area (Å²) in [5.41, 5.74) is -0.933. The third kappa shape index (κ3) is 6.43. The molecule has 4 heterocycles. The van der Waals surface area contributed by atoms with Gasteiger partial charge in [-0.25, -0.2) is 4.39 Å². The number of halogens is 4. The van der Waals surface area contributed by atoms with Crippen molar-refractivity contribution in [3.05, 3.63) is 59.2 Å². The summed E-state index contributed by atoms with van der Waals surface area (Å²) in [7, 11) is 1.56. The number of hydrogen-bond donors (Lipinski definition) is 1. The summed E-state index contributed by atoms with van der Waals surface area (Å²) >= 11 is 0. The Morgan fingerprint density at radius 2 is 1.67 bits per heavy atom. The molecule has 2 aromatic carbocycles. The van der Waals surface area contributed by atoms with E-state index in [4.69, 9.17) is 9.47 Å². The van der Waals surface area contributed by atoms with Gasteiger partial charge < -0.3 is 24.4 Å². The number of aliphatic carboxylic acids is 1. The van der Waals surface area contributed by atoms with E-state index in [9.17, 15) is 27.9 Å². The van der Waals surface area contributed by atoms with Crippen molar-refractivity contribution in [3.63, 3.8) is 0 Å². The molecule has 1 amide bonds. The van der Waals surface area contributed by atoms with Crippen LogP contribution in [0.3, 0.4) is 0 Å². The van der Waals surface area contributed by atoms with Gasteiger partial charge in [0.25, 0.3) is 5.91 Å². The molecule has 250 valence electrons. The standard InChI is InChI=1S/C34H41F4N3O5/c1-45-27-5-2-23(3-6-27)29-19-41(26-12-17-46-20-26)21-33(29,35)32(44)40-15-8-22(9-16-40)28-7-4-25(34(36,37)38)18-30(28)39-13-10-24(11-14-39)31(42)43/h2-7,18,22,24,26,29H,8-17,19-21H2,1H3,(H,42,43)/t26?,29-,33-/m0/s1. The molecule has 4 aliphatic heterocycles. The van der Waals surface area contributed by atoms with Gasteiger partial charge in [0.1, 0.15) is 5.75 Å². The minimum atomic E-state index is -4.52. The molecule has 4 saturated heterocycles. The molecule has 8 nitrogen and oxygen atoms in total. The molecule has 0 bridgehead atoms. The van der Waals surface area contributed by atoms with Crippen LogP contribution in [0, 0.1) is 5.92 Å². The van der Waals surface area contributed by atoms with Crippen molar-refractivity contribution in [1.82, 2.24) is 9.80 Å². The number of benzene rings is 2. The monoisotopic (exact) mass is 647 g/mol. The summed E-state index contributed by atoms with van der Waals surface area (Å²) in [6.07, 6.45) is -2.04. The second-order valence-corrected chi connectivity index (χ2v) is 13.1. The fourth-order valence-corrected chi connectivity index (χ4v) is 7.72. The number of ether oxygens (including phenoxy) is 2. The van der Waals surface area contributed by atoms with Crippen LogP contribution in [0.5, 0.6) is 5.75 Å².